The first-order valence-corrected chi connectivity index (χ1v) is 5.62. The maximum absolute atomic E-state index is 13.6. The fourth-order valence-electron chi connectivity index (χ4n) is 1.68. The van der Waals surface area contributed by atoms with Crippen molar-refractivity contribution in [2.75, 3.05) is 11.4 Å². The Morgan fingerprint density at radius 1 is 1.65 bits per heavy atom. The number of carboxylic acids is 1. The summed E-state index contributed by atoms with van der Waals surface area (Å²) in [7, 11) is 0. The molecule has 1 unspecified atom stereocenters. The summed E-state index contributed by atoms with van der Waals surface area (Å²) < 4.78 is 14.0. The van der Waals surface area contributed by atoms with E-state index in [2.05, 4.69) is 20.9 Å². The Hall–Kier alpha value is -1.50. The molecule has 1 atom stereocenters. The van der Waals surface area contributed by atoms with Crippen molar-refractivity contribution in [3.8, 4) is 0 Å². The van der Waals surface area contributed by atoms with E-state index in [4.69, 9.17) is 5.11 Å². The molecule has 0 aromatic carbocycles. The fraction of sp³-hybridized carbons (Fsp3) is 0.300. The van der Waals surface area contributed by atoms with Crippen LogP contribution in [0.5, 0.6) is 0 Å². The quantitative estimate of drug-likeness (QED) is 0.897. The molecular weight excluding hydrogens is 295 g/mol. The van der Waals surface area contributed by atoms with Crippen LogP contribution >= 0.6 is 15.9 Å². The Balaban J connectivity index is 2.29. The molecule has 0 saturated carbocycles. The maximum Gasteiger partial charge on any atom is 0.308 e. The number of hydrogen-bond acceptors (Lipinski definition) is 3. The van der Waals surface area contributed by atoms with Gasteiger partial charge in [-0.3, -0.25) is 14.5 Å². The lowest BCUT2D eigenvalue weighted by atomic mass is 10.1. The number of pyridine rings is 1. The van der Waals surface area contributed by atoms with Crippen molar-refractivity contribution in [3.05, 3.63) is 22.6 Å². The van der Waals surface area contributed by atoms with E-state index in [9.17, 15) is 14.0 Å². The largest absolute Gasteiger partial charge is 0.481 e. The van der Waals surface area contributed by atoms with Crippen LogP contribution in [0.1, 0.15) is 6.42 Å². The molecule has 1 N–H and O–H groups in total. The van der Waals surface area contributed by atoms with Crippen molar-refractivity contribution in [2.24, 2.45) is 5.92 Å². The van der Waals surface area contributed by atoms with Crippen LogP contribution in [0.3, 0.4) is 0 Å². The molecule has 5 nitrogen and oxygen atoms in total. The van der Waals surface area contributed by atoms with E-state index in [0.29, 0.717) is 4.47 Å². The third-order valence-electron chi connectivity index (χ3n) is 2.52. The van der Waals surface area contributed by atoms with Gasteiger partial charge in [0.25, 0.3) is 0 Å². The number of anilines is 1. The van der Waals surface area contributed by atoms with Gasteiger partial charge in [0.1, 0.15) is 0 Å². The summed E-state index contributed by atoms with van der Waals surface area (Å²) in [5.74, 6) is -3.06. The molecule has 1 aromatic rings. The molecule has 1 aliphatic rings. The number of carbonyl (C=O) groups excluding carboxylic acids is 1. The van der Waals surface area contributed by atoms with Crippen molar-refractivity contribution >= 4 is 33.6 Å². The molecule has 2 heterocycles. The molecule has 0 bridgehead atoms. The fourth-order valence-corrected chi connectivity index (χ4v) is 1.99. The Morgan fingerprint density at radius 3 is 2.88 bits per heavy atom. The zero-order valence-corrected chi connectivity index (χ0v) is 10.1. The summed E-state index contributed by atoms with van der Waals surface area (Å²) in [4.78, 5) is 27.2. The molecule has 1 saturated heterocycles. The molecule has 90 valence electrons. The highest BCUT2D eigenvalue weighted by molar-refractivity contribution is 9.10. The molecule has 0 radical (unpaired) electrons. The van der Waals surface area contributed by atoms with Gasteiger partial charge >= 0.3 is 5.97 Å². The van der Waals surface area contributed by atoms with E-state index in [1.807, 2.05) is 0 Å². The van der Waals surface area contributed by atoms with Crippen LogP contribution in [-0.4, -0.2) is 28.5 Å². The SMILES string of the molecule is O=C(O)C1CC(=O)N(c2ncc(Br)cc2F)C1. The Labute approximate surface area is 104 Å². The van der Waals surface area contributed by atoms with Crippen LogP contribution in [0, 0.1) is 11.7 Å². The number of carboxylic acid groups (broad SMARTS) is 1. The van der Waals surface area contributed by atoms with Gasteiger partial charge in [-0.15, -0.1) is 0 Å². The van der Waals surface area contributed by atoms with Gasteiger partial charge in [0, 0.05) is 23.6 Å². The molecule has 2 rings (SSSR count). The summed E-state index contributed by atoms with van der Waals surface area (Å²) in [6.07, 6.45) is 1.24. The summed E-state index contributed by atoms with van der Waals surface area (Å²) >= 11 is 3.06. The van der Waals surface area contributed by atoms with Crippen molar-refractivity contribution < 1.29 is 19.1 Å². The van der Waals surface area contributed by atoms with E-state index in [1.165, 1.54) is 12.3 Å². The number of amides is 1. The summed E-state index contributed by atoms with van der Waals surface area (Å²) in [5.41, 5.74) is 0. The normalized spacial score (nSPS) is 19.8. The third kappa shape index (κ3) is 2.28. The molecule has 0 aliphatic carbocycles. The zero-order valence-electron chi connectivity index (χ0n) is 8.56. The number of nitrogens with zero attached hydrogens (tertiary/aromatic N) is 2. The van der Waals surface area contributed by atoms with Crippen LogP contribution in [0.15, 0.2) is 16.7 Å². The first-order valence-electron chi connectivity index (χ1n) is 4.83. The van der Waals surface area contributed by atoms with Gasteiger partial charge in [-0.05, 0) is 22.0 Å². The van der Waals surface area contributed by atoms with Crippen LogP contribution in [0.2, 0.25) is 0 Å². The van der Waals surface area contributed by atoms with Gasteiger partial charge in [0.15, 0.2) is 11.6 Å². The van der Waals surface area contributed by atoms with Gasteiger partial charge in [-0.2, -0.15) is 0 Å². The maximum atomic E-state index is 13.6. The highest BCUT2D eigenvalue weighted by Crippen LogP contribution is 2.27. The highest BCUT2D eigenvalue weighted by Gasteiger charge is 2.36. The monoisotopic (exact) mass is 302 g/mol. The minimum atomic E-state index is -1.06. The highest BCUT2D eigenvalue weighted by atomic mass is 79.9. The third-order valence-corrected chi connectivity index (χ3v) is 2.95. The second kappa shape index (κ2) is 4.40. The molecule has 1 aliphatic heterocycles. The molecule has 17 heavy (non-hydrogen) atoms. The topological polar surface area (TPSA) is 70.5 Å². The second-order valence-electron chi connectivity index (χ2n) is 3.70. The second-order valence-corrected chi connectivity index (χ2v) is 4.62. The lowest BCUT2D eigenvalue weighted by Gasteiger charge is -2.15. The zero-order chi connectivity index (χ0) is 12.6. The van der Waals surface area contributed by atoms with Crippen molar-refractivity contribution in [1.29, 1.82) is 0 Å². The van der Waals surface area contributed by atoms with Crippen molar-refractivity contribution in [3.63, 3.8) is 0 Å². The lowest BCUT2D eigenvalue weighted by Crippen LogP contribution is -2.27. The predicted octanol–water partition coefficient (Wildman–Crippen LogP) is 1.42. The minimum absolute atomic E-state index is 0.0419. The standard InChI is InChI=1S/C10H8BrFN2O3/c11-6-2-7(12)9(13-3-6)14-4-5(10(16)17)1-8(14)15/h2-3,5H,1,4H2,(H,16,17). The van der Waals surface area contributed by atoms with Crippen LogP contribution in [0.4, 0.5) is 10.2 Å². The molecule has 7 heteroatoms. The van der Waals surface area contributed by atoms with E-state index < -0.39 is 23.6 Å². The summed E-state index contributed by atoms with van der Waals surface area (Å²) in [6.45, 7) is -0.0419. The minimum Gasteiger partial charge on any atom is -0.481 e. The Morgan fingerprint density at radius 2 is 2.35 bits per heavy atom. The Bertz CT molecular complexity index is 494. The first kappa shape index (κ1) is 12.0. The average Bonchev–Trinajstić information content (AvgIpc) is 2.61. The van der Waals surface area contributed by atoms with E-state index in [1.54, 1.807) is 0 Å². The van der Waals surface area contributed by atoms with Gasteiger partial charge in [-0.1, -0.05) is 0 Å². The smallest absolute Gasteiger partial charge is 0.308 e. The number of aromatic nitrogens is 1. The van der Waals surface area contributed by atoms with Gasteiger partial charge in [0.2, 0.25) is 5.91 Å². The van der Waals surface area contributed by atoms with Gasteiger partial charge in [-0.25, -0.2) is 9.37 Å². The van der Waals surface area contributed by atoms with Gasteiger partial charge in [0.05, 0.1) is 5.92 Å². The van der Waals surface area contributed by atoms with E-state index in [-0.39, 0.29) is 18.8 Å². The number of carbonyl (C=O) groups is 2. The molecule has 0 spiro atoms. The molecular formula is C10H8BrFN2O3. The predicted molar refractivity (Wildman–Crippen MR) is 60.0 cm³/mol. The number of halogens is 2. The number of hydrogen-bond donors (Lipinski definition) is 1. The van der Waals surface area contributed by atoms with Crippen LogP contribution in [-0.2, 0) is 9.59 Å². The lowest BCUT2D eigenvalue weighted by molar-refractivity contribution is -0.141. The van der Waals surface area contributed by atoms with Crippen molar-refractivity contribution in [1.82, 2.24) is 4.98 Å². The van der Waals surface area contributed by atoms with Crippen LogP contribution in [0.25, 0.3) is 0 Å². The molecule has 1 aromatic heterocycles. The number of rotatable bonds is 2. The average molecular weight is 303 g/mol. The summed E-state index contributed by atoms with van der Waals surface area (Å²) in [6, 6.07) is 1.18. The Kier molecular flexibility index (Phi) is 3.10. The molecule has 1 fully saturated rings. The van der Waals surface area contributed by atoms with Crippen molar-refractivity contribution in [2.45, 2.75) is 6.42 Å². The van der Waals surface area contributed by atoms with Gasteiger partial charge < -0.3 is 5.11 Å². The van der Waals surface area contributed by atoms with E-state index >= 15 is 0 Å². The van der Waals surface area contributed by atoms with Crippen LogP contribution < -0.4 is 4.90 Å². The molecule has 1 amide bonds. The van der Waals surface area contributed by atoms with E-state index in [0.717, 1.165) is 4.90 Å². The summed E-state index contributed by atoms with van der Waals surface area (Å²) in [5, 5.41) is 8.81. The number of aliphatic carboxylic acids is 1. The first-order chi connectivity index (χ1) is 7.99.